The van der Waals surface area contributed by atoms with Gasteiger partial charge in [-0.05, 0) is 39.2 Å². The quantitative estimate of drug-likeness (QED) is 0.791. The number of carboxylic acid groups (broad SMARTS) is 1. The van der Waals surface area contributed by atoms with Gasteiger partial charge in [-0.3, -0.25) is 19.2 Å². The molecule has 3 aliphatic rings. The third kappa shape index (κ3) is 3.93. The Bertz CT molecular complexity index is 770. The highest BCUT2D eigenvalue weighted by atomic mass is 16.4. The van der Waals surface area contributed by atoms with Crippen LogP contribution in [0.1, 0.15) is 56.3 Å². The number of rotatable bonds is 6. The van der Waals surface area contributed by atoms with E-state index in [0.29, 0.717) is 32.1 Å². The lowest BCUT2D eigenvalue weighted by molar-refractivity contribution is -0.149. The van der Waals surface area contributed by atoms with E-state index in [0.717, 1.165) is 30.9 Å². The van der Waals surface area contributed by atoms with Gasteiger partial charge in [0.15, 0.2) is 0 Å². The van der Waals surface area contributed by atoms with E-state index >= 15 is 0 Å². The van der Waals surface area contributed by atoms with Crippen molar-refractivity contribution in [3.63, 3.8) is 0 Å². The van der Waals surface area contributed by atoms with Crippen molar-refractivity contribution in [2.24, 2.45) is 11.3 Å². The molecule has 3 fully saturated rings. The van der Waals surface area contributed by atoms with E-state index in [2.05, 4.69) is 10.00 Å². The summed E-state index contributed by atoms with van der Waals surface area (Å²) in [5.41, 5.74) is 1.33. The fraction of sp³-hybridized carbons (Fsp3) is 0.773. The van der Waals surface area contributed by atoms with E-state index in [1.54, 1.807) is 0 Å². The van der Waals surface area contributed by atoms with E-state index in [-0.39, 0.29) is 11.8 Å². The number of hydrogen-bond donors (Lipinski definition) is 1. The first kappa shape index (κ1) is 20.4. The van der Waals surface area contributed by atoms with Gasteiger partial charge in [0.25, 0.3) is 0 Å². The molecule has 2 saturated heterocycles. The number of aliphatic carboxylic acids is 1. The summed E-state index contributed by atoms with van der Waals surface area (Å²) in [5, 5.41) is 14.5. The van der Waals surface area contributed by atoms with Crippen LogP contribution in [0.3, 0.4) is 0 Å². The molecular weight excluding hydrogens is 368 g/mol. The van der Waals surface area contributed by atoms with Crippen molar-refractivity contribution in [2.75, 3.05) is 26.2 Å². The van der Waals surface area contributed by atoms with E-state index in [9.17, 15) is 14.7 Å². The van der Waals surface area contributed by atoms with Crippen molar-refractivity contribution < 1.29 is 14.7 Å². The molecule has 1 aliphatic carbocycles. The smallest absolute Gasteiger partial charge is 0.313 e. The van der Waals surface area contributed by atoms with Gasteiger partial charge in [-0.15, -0.1) is 0 Å². The van der Waals surface area contributed by atoms with Crippen LogP contribution in [0, 0.1) is 25.2 Å². The Hall–Kier alpha value is -1.89. The molecule has 3 heterocycles. The maximum atomic E-state index is 12.8. The van der Waals surface area contributed by atoms with Crippen LogP contribution in [-0.4, -0.2) is 68.8 Å². The first-order chi connectivity index (χ1) is 13.9. The van der Waals surface area contributed by atoms with E-state index < -0.39 is 11.4 Å². The highest BCUT2D eigenvalue weighted by Gasteiger charge is 2.59. The van der Waals surface area contributed by atoms with Crippen LogP contribution >= 0.6 is 0 Å². The maximum absolute atomic E-state index is 12.8. The molecule has 7 nitrogen and oxygen atoms in total. The first-order valence-corrected chi connectivity index (χ1v) is 11.2. The van der Waals surface area contributed by atoms with Crippen LogP contribution < -0.4 is 0 Å². The standard InChI is InChI=1S/C22H34N4O3/c1-16-11-17(2)26(23-16)10-6-9-20(27)25-13-18-12-24(19-7-4-3-5-8-19)14-22(18,15-25)21(28)29/h11,18-19H,3-10,12-15H2,1-2H3,(H,28,29)/t18-,22-/m1/s1. The molecule has 0 spiro atoms. The first-order valence-electron chi connectivity index (χ1n) is 11.2. The topological polar surface area (TPSA) is 78.7 Å². The summed E-state index contributed by atoms with van der Waals surface area (Å²) in [4.78, 5) is 29.3. The SMILES string of the molecule is Cc1cc(C)n(CCCC(=O)N2C[C@H]3CN(C4CCCCC4)C[C@@]3(C(=O)O)C2)n1. The summed E-state index contributed by atoms with van der Waals surface area (Å²) in [6.45, 7) is 7.11. The van der Waals surface area contributed by atoms with Crippen LogP contribution in [0.15, 0.2) is 6.07 Å². The second-order valence-corrected chi connectivity index (χ2v) is 9.41. The summed E-state index contributed by atoms with van der Waals surface area (Å²) in [5.74, 6) is -0.577. The average molecular weight is 403 g/mol. The summed E-state index contributed by atoms with van der Waals surface area (Å²) in [6.07, 6.45) is 7.38. The minimum atomic E-state index is -0.775. The number of carboxylic acids is 1. The third-order valence-electron chi connectivity index (χ3n) is 7.37. The summed E-state index contributed by atoms with van der Waals surface area (Å²) in [6, 6.07) is 2.58. The molecule has 2 atom stereocenters. The molecule has 4 rings (SSSR count). The number of likely N-dealkylation sites (tertiary alicyclic amines) is 2. The van der Waals surface area contributed by atoms with Crippen molar-refractivity contribution in [3.05, 3.63) is 17.5 Å². The molecule has 2 aliphatic heterocycles. The second kappa shape index (κ2) is 8.09. The van der Waals surface area contributed by atoms with Crippen molar-refractivity contribution in [1.29, 1.82) is 0 Å². The number of carbonyl (C=O) groups is 2. The lowest BCUT2D eigenvalue weighted by Crippen LogP contribution is -2.44. The Morgan fingerprint density at radius 2 is 1.93 bits per heavy atom. The number of aryl methyl sites for hydroxylation is 3. The highest BCUT2D eigenvalue weighted by molar-refractivity contribution is 5.81. The predicted molar refractivity (Wildman–Crippen MR) is 110 cm³/mol. The van der Waals surface area contributed by atoms with Crippen LogP contribution in [0.25, 0.3) is 0 Å². The fourth-order valence-electron chi connectivity index (χ4n) is 5.76. The molecule has 7 heteroatoms. The van der Waals surface area contributed by atoms with E-state index in [1.807, 2.05) is 29.5 Å². The number of nitrogens with zero attached hydrogens (tertiary/aromatic N) is 4. The van der Waals surface area contributed by atoms with Crippen molar-refractivity contribution in [1.82, 2.24) is 19.6 Å². The molecule has 160 valence electrons. The summed E-state index contributed by atoms with van der Waals surface area (Å²) < 4.78 is 1.95. The number of amides is 1. The molecule has 1 aromatic rings. The van der Waals surface area contributed by atoms with E-state index in [4.69, 9.17) is 0 Å². The molecule has 29 heavy (non-hydrogen) atoms. The lowest BCUT2D eigenvalue weighted by atomic mass is 9.81. The highest BCUT2D eigenvalue weighted by Crippen LogP contribution is 2.45. The Labute approximate surface area is 173 Å². The van der Waals surface area contributed by atoms with Crippen molar-refractivity contribution >= 4 is 11.9 Å². The van der Waals surface area contributed by atoms with Crippen LogP contribution in [-0.2, 0) is 16.1 Å². The minimum absolute atomic E-state index is 0.0573. The van der Waals surface area contributed by atoms with Gasteiger partial charge < -0.3 is 10.0 Å². The molecule has 1 saturated carbocycles. The minimum Gasteiger partial charge on any atom is -0.481 e. The van der Waals surface area contributed by atoms with Gasteiger partial charge >= 0.3 is 5.97 Å². The van der Waals surface area contributed by atoms with Gasteiger partial charge in [0, 0.05) is 56.8 Å². The summed E-state index contributed by atoms with van der Waals surface area (Å²) in [7, 11) is 0. The molecule has 0 aromatic carbocycles. The number of fused-ring (bicyclic) bond motifs is 1. The van der Waals surface area contributed by atoms with Gasteiger partial charge in [-0.1, -0.05) is 19.3 Å². The van der Waals surface area contributed by atoms with E-state index in [1.165, 1.54) is 32.1 Å². The van der Waals surface area contributed by atoms with Gasteiger partial charge in [-0.2, -0.15) is 5.10 Å². The largest absolute Gasteiger partial charge is 0.481 e. The van der Waals surface area contributed by atoms with Gasteiger partial charge in [-0.25, -0.2) is 0 Å². The van der Waals surface area contributed by atoms with Gasteiger partial charge in [0.05, 0.1) is 5.69 Å². The number of carbonyl (C=O) groups excluding carboxylic acids is 1. The zero-order chi connectivity index (χ0) is 20.6. The number of aromatic nitrogens is 2. The molecule has 1 aromatic heterocycles. The molecule has 0 bridgehead atoms. The average Bonchev–Trinajstić information content (AvgIpc) is 3.33. The molecule has 0 radical (unpaired) electrons. The lowest BCUT2D eigenvalue weighted by Gasteiger charge is -2.33. The Kier molecular flexibility index (Phi) is 5.69. The Morgan fingerprint density at radius 1 is 1.17 bits per heavy atom. The fourth-order valence-corrected chi connectivity index (χ4v) is 5.76. The van der Waals surface area contributed by atoms with Crippen LogP contribution in [0.4, 0.5) is 0 Å². The zero-order valence-electron chi connectivity index (χ0n) is 17.8. The normalized spacial score (nSPS) is 28.1. The van der Waals surface area contributed by atoms with Gasteiger partial charge in [0.2, 0.25) is 5.91 Å². The second-order valence-electron chi connectivity index (χ2n) is 9.41. The predicted octanol–water partition coefficient (Wildman–Crippen LogP) is 2.46. The van der Waals surface area contributed by atoms with Gasteiger partial charge in [0.1, 0.15) is 5.41 Å². The molecule has 0 unspecified atom stereocenters. The molecule has 1 N–H and O–H groups in total. The Morgan fingerprint density at radius 3 is 2.55 bits per heavy atom. The maximum Gasteiger partial charge on any atom is 0.313 e. The third-order valence-corrected chi connectivity index (χ3v) is 7.37. The molecule has 1 amide bonds. The summed E-state index contributed by atoms with van der Waals surface area (Å²) >= 11 is 0. The van der Waals surface area contributed by atoms with Crippen LogP contribution in [0.2, 0.25) is 0 Å². The zero-order valence-corrected chi connectivity index (χ0v) is 17.8. The molecular formula is C22H34N4O3. The van der Waals surface area contributed by atoms with Crippen molar-refractivity contribution in [2.45, 2.75) is 71.4 Å². The van der Waals surface area contributed by atoms with Crippen LogP contribution in [0.5, 0.6) is 0 Å². The Balaban J connectivity index is 1.33. The van der Waals surface area contributed by atoms with Crippen molar-refractivity contribution in [3.8, 4) is 0 Å². The monoisotopic (exact) mass is 402 g/mol. The number of hydrogen-bond acceptors (Lipinski definition) is 4.